The zero-order chi connectivity index (χ0) is 34.2. The van der Waals surface area contributed by atoms with Crippen LogP contribution in [0.2, 0.25) is 0 Å². The molecule has 2 heterocycles. The lowest BCUT2D eigenvalue weighted by Gasteiger charge is -2.26. The average molecular weight is 679 g/mol. The summed E-state index contributed by atoms with van der Waals surface area (Å²) in [6.45, 7) is 0. The van der Waals surface area contributed by atoms with Crippen LogP contribution in [0.4, 0.5) is 17.1 Å². The Morgan fingerprint density at radius 2 is 0.923 bits per heavy atom. The van der Waals surface area contributed by atoms with Crippen molar-refractivity contribution in [2.45, 2.75) is 0 Å². The van der Waals surface area contributed by atoms with E-state index in [0.717, 1.165) is 21.9 Å². The van der Waals surface area contributed by atoms with Crippen LogP contribution in [-0.4, -0.2) is 4.98 Å². The fraction of sp³-hybridized carbons (Fsp3) is 0. The Morgan fingerprint density at radius 3 is 1.71 bits per heavy atom. The molecule has 3 heteroatoms. The number of nitrogens with zero attached hydrogens (tertiary/aromatic N) is 2. The molecule has 0 saturated carbocycles. The van der Waals surface area contributed by atoms with Gasteiger partial charge < -0.3 is 4.90 Å². The van der Waals surface area contributed by atoms with Crippen molar-refractivity contribution in [3.63, 3.8) is 0 Å². The molecule has 1 aliphatic rings. The van der Waals surface area contributed by atoms with Crippen molar-refractivity contribution in [1.82, 2.24) is 4.98 Å². The van der Waals surface area contributed by atoms with Crippen LogP contribution in [0.1, 0.15) is 0 Å². The quantitative estimate of drug-likeness (QED) is 0.180. The molecule has 0 radical (unpaired) electrons. The Hall–Kier alpha value is -6.55. The summed E-state index contributed by atoms with van der Waals surface area (Å²) in [5.41, 5.74) is 13.6. The highest BCUT2D eigenvalue weighted by molar-refractivity contribution is 7.26. The monoisotopic (exact) mass is 678 g/mol. The number of fused-ring (bicyclic) bond motifs is 7. The summed E-state index contributed by atoms with van der Waals surface area (Å²) >= 11 is 1.76. The van der Waals surface area contributed by atoms with Crippen molar-refractivity contribution >= 4 is 70.2 Å². The van der Waals surface area contributed by atoms with Gasteiger partial charge in [-0.1, -0.05) is 133 Å². The number of rotatable bonds is 5. The molecule has 242 valence electrons. The third-order valence-electron chi connectivity index (χ3n) is 10.7. The Kier molecular flexibility index (Phi) is 6.46. The van der Waals surface area contributed by atoms with Crippen molar-refractivity contribution in [1.29, 1.82) is 0 Å². The van der Waals surface area contributed by atoms with Gasteiger partial charge in [-0.25, -0.2) is 4.98 Å². The van der Waals surface area contributed by atoms with E-state index in [0.29, 0.717) is 0 Å². The van der Waals surface area contributed by atoms with Gasteiger partial charge in [0.05, 0.1) is 10.4 Å². The lowest BCUT2D eigenvalue weighted by Crippen LogP contribution is -2.10. The highest BCUT2D eigenvalue weighted by atomic mass is 32.1. The normalized spacial score (nSPS) is 11.8. The summed E-state index contributed by atoms with van der Waals surface area (Å²) in [7, 11) is 0. The predicted molar refractivity (Wildman–Crippen MR) is 222 cm³/mol. The summed E-state index contributed by atoms with van der Waals surface area (Å²) in [6, 6.07) is 64.3. The summed E-state index contributed by atoms with van der Waals surface area (Å²) in [4.78, 5) is 8.19. The number of pyridine rings is 1. The SMILES string of the molecule is c1ccc2c(c1)-c1cccc3c(-c4ccc(N(c5ccc(-c6cccc7ccccc67)cc5)c5cccc6c5sc5ncccc56)cc4)ccc-2c13. The number of thiophene rings is 1. The molecule has 0 amide bonds. The maximum absolute atomic E-state index is 4.73. The highest BCUT2D eigenvalue weighted by Gasteiger charge is 2.23. The molecular formula is C49H30N2S. The first-order valence-electron chi connectivity index (χ1n) is 17.7. The van der Waals surface area contributed by atoms with Crippen LogP contribution in [0.25, 0.3) is 86.4 Å². The maximum atomic E-state index is 4.73. The van der Waals surface area contributed by atoms with E-state index in [-0.39, 0.29) is 0 Å². The maximum Gasteiger partial charge on any atom is 0.124 e. The molecule has 52 heavy (non-hydrogen) atoms. The van der Waals surface area contributed by atoms with Gasteiger partial charge in [0, 0.05) is 28.3 Å². The number of aromatic nitrogens is 1. The van der Waals surface area contributed by atoms with E-state index in [2.05, 4.69) is 175 Å². The predicted octanol–water partition coefficient (Wildman–Crippen LogP) is 14.2. The molecule has 0 bridgehead atoms. The summed E-state index contributed by atoms with van der Waals surface area (Å²) in [6.07, 6.45) is 1.89. The number of benzene rings is 8. The standard InChI is InChI=1S/C49H30N2S/c1-2-11-36-31(9-1)10-5-14-37(36)32-20-24-34(25-21-32)51(46-19-7-17-44-45-18-8-30-50-49(45)52-48(44)46)35-26-22-33(23-27-35)38-28-29-43-40-13-4-3-12-39(40)42-16-6-15-41(38)47(42)43/h1-30H. The lowest BCUT2D eigenvalue weighted by molar-refractivity contribution is 1.30. The van der Waals surface area contributed by atoms with E-state index in [9.17, 15) is 0 Å². The molecule has 0 spiro atoms. The van der Waals surface area contributed by atoms with Crippen molar-refractivity contribution in [3.05, 3.63) is 182 Å². The molecule has 1 aliphatic carbocycles. The van der Waals surface area contributed by atoms with Gasteiger partial charge in [0.2, 0.25) is 0 Å². The van der Waals surface area contributed by atoms with Gasteiger partial charge in [-0.15, -0.1) is 11.3 Å². The zero-order valence-electron chi connectivity index (χ0n) is 28.1. The van der Waals surface area contributed by atoms with Crippen LogP contribution in [0.5, 0.6) is 0 Å². The second-order valence-corrected chi connectivity index (χ2v) is 14.5. The van der Waals surface area contributed by atoms with E-state index in [4.69, 9.17) is 4.98 Å². The Morgan fingerprint density at radius 1 is 0.385 bits per heavy atom. The summed E-state index contributed by atoms with van der Waals surface area (Å²) in [5.74, 6) is 0. The third-order valence-corrected chi connectivity index (χ3v) is 11.9. The molecule has 0 unspecified atom stereocenters. The van der Waals surface area contributed by atoms with Crippen LogP contribution in [0.3, 0.4) is 0 Å². The van der Waals surface area contributed by atoms with Gasteiger partial charge in [0.25, 0.3) is 0 Å². The second kappa shape index (κ2) is 11.5. The third kappa shape index (κ3) is 4.40. The van der Waals surface area contributed by atoms with Crippen LogP contribution >= 0.6 is 11.3 Å². The minimum Gasteiger partial charge on any atom is -0.309 e. The smallest absolute Gasteiger partial charge is 0.124 e. The van der Waals surface area contributed by atoms with Crippen LogP contribution in [0, 0.1) is 0 Å². The molecular weight excluding hydrogens is 649 g/mol. The molecule has 0 atom stereocenters. The van der Waals surface area contributed by atoms with E-state index in [1.165, 1.54) is 81.5 Å². The Labute approximate surface area is 305 Å². The Bertz CT molecular complexity index is 2980. The van der Waals surface area contributed by atoms with E-state index in [1.807, 2.05) is 12.3 Å². The number of hydrogen-bond acceptors (Lipinski definition) is 3. The topological polar surface area (TPSA) is 16.1 Å². The summed E-state index contributed by atoms with van der Waals surface area (Å²) < 4.78 is 1.23. The fourth-order valence-electron chi connectivity index (χ4n) is 8.34. The van der Waals surface area contributed by atoms with Gasteiger partial charge in [0.1, 0.15) is 4.83 Å². The zero-order valence-corrected chi connectivity index (χ0v) is 28.9. The number of hydrogen-bond donors (Lipinski definition) is 0. The fourth-order valence-corrected chi connectivity index (χ4v) is 9.49. The van der Waals surface area contributed by atoms with Crippen LogP contribution in [-0.2, 0) is 0 Å². The number of anilines is 3. The molecule has 0 fully saturated rings. The first-order chi connectivity index (χ1) is 25.8. The van der Waals surface area contributed by atoms with Crippen molar-refractivity contribution < 1.29 is 0 Å². The van der Waals surface area contributed by atoms with E-state index < -0.39 is 0 Å². The first kappa shape index (κ1) is 29.2. The minimum atomic E-state index is 1.06. The van der Waals surface area contributed by atoms with Gasteiger partial charge in [0.15, 0.2) is 0 Å². The van der Waals surface area contributed by atoms with Crippen LogP contribution < -0.4 is 4.90 Å². The molecule has 0 N–H and O–H groups in total. The molecule has 0 saturated heterocycles. The van der Waals surface area contributed by atoms with E-state index >= 15 is 0 Å². The van der Waals surface area contributed by atoms with Gasteiger partial charge in [-0.2, -0.15) is 0 Å². The van der Waals surface area contributed by atoms with E-state index in [1.54, 1.807) is 11.3 Å². The highest BCUT2D eigenvalue weighted by Crippen LogP contribution is 2.50. The molecule has 0 aliphatic heterocycles. The molecule has 2 nitrogen and oxygen atoms in total. The van der Waals surface area contributed by atoms with Gasteiger partial charge in [-0.05, 0) is 109 Å². The van der Waals surface area contributed by atoms with Crippen molar-refractivity contribution in [2.24, 2.45) is 0 Å². The van der Waals surface area contributed by atoms with Crippen molar-refractivity contribution in [2.75, 3.05) is 4.90 Å². The van der Waals surface area contributed by atoms with Gasteiger partial charge in [-0.3, -0.25) is 0 Å². The summed E-state index contributed by atoms with van der Waals surface area (Å²) in [5, 5.41) is 7.58. The first-order valence-corrected chi connectivity index (χ1v) is 18.5. The Balaban J connectivity index is 1.05. The average Bonchev–Trinajstić information content (AvgIpc) is 3.76. The second-order valence-electron chi connectivity index (χ2n) is 13.5. The molecule has 2 aromatic heterocycles. The molecule has 10 aromatic rings. The molecule has 8 aromatic carbocycles. The van der Waals surface area contributed by atoms with Crippen molar-refractivity contribution in [3.8, 4) is 44.5 Å². The largest absolute Gasteiger partial charge is 0.309 e. The lowest BCUT2D eigenvalue weighted by atomic mass is 9.94. The van der Waals surface area contributed by atoms with Crippen LogP contribution in [0.15, 0.2) is 182 Å². The minimum absolute atomic E-state index is 1.06. The van der Waals surface area contributed by atoms with Gasteiger partial charge >= 0.3 is 0 Å². The molecule has 11 rings (SSSR count).